The summed E-state index contributed by atoms with van der Waals surface area (Å²) < 4.78 is 16.7. The highest BCUT2D eigenvalue weighted by Gasteiger charge is 2.45. The fraction of sp³-hybridized carbons (Fsp3) is 0.632. The van der Waals surface area contributed by atoms with Crippen molar-refractivity contribution in [1.29, 1.82) is 0 Å². The van der Waals surface area contributed by atoms with Gasteiger partial charge in [0.1, 0.15) is 0 Å². The van der Waals surface area contributed by atoms with Gasteiger partial charge < -0.3 is 24.0 Å². The highest BCUT2D eigenvalue weighted by Crippen LogP contribution is 2.33. The second kappa shape index (κ2) is 8.06. The molecular weight excluding hydrogens is 320 g/mol. The van der Waals surface area contributed by atoms with E-state index in [9.17, 15) is 4.79 Å². The molecule has 1 aromatic carbocycles. The molecule has 0 aromatic heterocycles. The molecule has 2 aliphatic heterocycles. The summed E-state index contributed by atoms with van der Waals surface area (Å²) in [7, 11) is 3.38. The molecule has 0 saturated carbocycles. The maximum atomic E-state index is 12.8. The van der Waals surface area contributed by atoms with Crippen molar-refractivity contribution >= 4 is 5.91 Å². The van der Waals surface area contributed by atoms with Gasteiger partial charge in [0.15, 0.2) is 18.1 Å². The van der Waals surface area contributed by atoms with E-state index in [1.807, 2.05) is 29.2 Å². The van der Waals surface area contributed by atoms with Crippen LogP contribution in [0.5, 0.6) is 11.5 Å². The van der Waals surface area contributed by atoms with E-state index in [0.717, 1.165) is 32.6 Å². The Morgan fingerprint density at radius 2 is 1.96 bits per heavy atom. The number of ether oxygens (including phenoxy) is 3. The first-order chi connectivity index (χ1) is 12.2. The van der Waals surface area contributed by atoms with E-state index in [1.54, 1.807) is 14.2 Å². The summed E-state index contributed by atoms with van der Waals surface area (Å²) in [5.74, 6) is 1.66. The SMILES string of the molecule is CCN1C[C@@H]2[C@@H](OC)CCN(C(=O)COc3ccccc3OC)[C@@H]2C1. The van der Waals surface area contributed by atoms with E-state index in [1.165, 1.54) is 0 Å². The Morgan fingerprint density at radius 3 is 2.64 bits per heavy atom. The van der Waals surface area contributed by atoms with Crippen molar-refractivity contribution in [2.75, 3.05) is 47.0 Å². The zero-order valence-corrected chi connectivity index (χ0v) is 15.3. The van der Waals surface area contributed by atoms with Gasteiger partial charge in [-0.2, -0.15) is 0 Å². The summed E-state index contributed by atoms with van der Waals surface area (Å²) >= 11 is 0. The number of fused-ring (bicyclic) bond motifs is 1. The number of likely N-dealkylation sites (N-methyl/N-ethyl adjacent to an activating group) is 1. The van der Waals surface area contributed by atoms with Crippen molar-refractivity contribution < 1.29 is 19.0 Å². The maximum Gasteiger partial charge on any atom is 0.260 e. The molecule has 2 aliphatic rings. The summed E-state index contributed by atoms with van der Waals surface area (Å²) in [5, 5.41) is 0. The minimum Gasteiger partial charge on any atom is -0.493 e. The van der Waals surface area contributed by atoms with Gasteiger partial charge in [0.25, 0.3) is 5.91 Å². The van der Waals surface area contributed by atoms with Gasteiger partial charge in [-0.3, -0.25) is 4.79 Å². The van der Waals surface area contributed by atoms with Gasteiger partial charge in [-0.15, -0.1) is 0 Å². The normalized spacial score (nSPS) is 26.4. The third kappa shape index (κ3) is 3.75. The Bertz CT molecular complexity index is 595. The average molecular weight is 348 g/mol. The number of methoxy groups -OCH3 is 2. The Hall–Kier alpha value is -1.79. The van der Waals surface area contributed by atoms with E-state index in [0.29, 0.717) is 17.4 Å². The van der Waals surface area contributed by atoms with Crippen molar-refractivity contribution in [2.45, 2.75) is 25.5 Å². The third-order valence-electron chi connectivity index (χ3n) is 5.43. The van der Waals surface area contributed by atoms with E-state index in [4.69, 9.17) is 14.2 Å². The van der Waals surface area contributed by atoms with Gasteiger partial charge in [-0.25, -0.2) is 0 Å². The van der Waals surface area contributed by atoms with Crippen molar-refractivity contribution in [1.82, 2.24) is 9.80 Å². The molecule has 1 amide bonds. The molecule has 6 heteroatoms. The molecule has 3 atom stereocenters. The lowest BCUT2D eigenvalue weighted by atomic mass is 9.89. The monoisotopic (exact) mass is 348 g/mol. The lowest BCUT2D eigenvalue weighted by Gasteiger charge is -2.41. The highest BCUT2D eigenvalue weighted by molar-refractivity contribution is 5.78. The van der Waals surface area contributed by atoms with Crippen molar-refractivity contribution in [2.24, 2.45) is 5.92 Å². The van der Waals surface area contributed by atoms with Crippen LogP contribution in [0.2, 0.25) is 0 Å². The van der Waals surface area contributed by atoms with Crippen LogP contribution >= 0.6 is 0 Å². The number of carbonyl (C=O) groups excluding carboxylic acids is 1. The molecule has 0 unspecified atom stereocenters. The molecule has 1 aromatic rings. The van der Waals surface area contributed by atoms with Crippen molar-refractivity contribution in [3.05, 3.63) is 24.3 Å². The molecule has 6 nitrogen and oxygen atoms in total. The topological polar surface area (TPSA) is 51.2 Å². The van der Waals surface area contributed by atoms with Gasteiger partial charge in [0.05, 0.1) is 19.3 Å². The first kappa shape index (κ1) is 18.0. The number of nitrogens with zero attached hydrogens (tertiary/aromatic N) is 2. The number of hydrogen-bond acceptors (Lipinski definition) is 5. The molecular formula is C19H28N2O4. The second-order valence-electron chi connectivity index (χ2n) is 6.67. The molecule has 0 N–H and O–H groups in total. The second-order valence-corrected chi connectivity index (χ2v) is 6.67. The largest absolute Gasteiger partial charge is 0.493 e. The van der Waals surface area contributed by atoms with Crippen molar-refractivity contribution in [3.8, 4) is 11.5 Å². The summed E-state index contributed by atoms with van der Waals surface area (Å²) in [6, 6.07) is 7.62. The minimum atomic E-state index is 0.0351. The lowest BCUT2D eigenvalue weighted by Crippen LogP contribution is -2.54. The molecule has 2 fully saturated rings. The van der Waals surface area contributed by atoms with Gasteiger partial charge in [-0.05, 0) is 25.1 Å². The molecule has 0 bridgehead atoms. The number of benzene rings is 1. The molecule has 2 saturated heterocycles. The van der Waals surface area contributed by atoms with Crippen LogP contribution in [0.15, 0.2) is 24.3 Å². The highest BCUT2D eigenvalue weighted by atomic mass is 16.5. The van der Waals surface area contributed by atoms with E-state index in [-0.39, 0.29) is 24.7 Å². The van der Waals surface area contributed by atoms with Gasteiger partial charge in [0.2, 0.25) is 0 Å². The third-order valence-corrected chi connectivity index (χ3v) is 5.43. The van der Waals surface area contributed by atoms with E-state index >= 15 is 0 Å². The molecule has 2 heterocycles. The maximum absolute atomic E-state index is 12.8. The Balaban J connectivity index is 1.65. The van der Waals surface area contributed by atoms with Crippen LogP contribution in [0.4, 0.5) is 0 Å². The fourth-order valence-electron chi connectivity index (χ4n) is 4.06. The smallest absolute Gasteiger partial charge is 0.260 e. The molecule has 0 spiro atoms. The molecule has 0 radical (unpaired) electrons. The molecule has 138 valence electrons. The lowest BCUT2D eigenvalue weighted by molar-refractivity contribution is -0.141. The molecule has 3 rings (SSSR count). The molecule has 0 aliphatic carbocycles. The van der Waals surface area contributed by atoms with Gasteiger partial charge in [0, 0.05) is 32.7 Å². The van der Waals surface area contributed by atoms with Crippen LogP contribution in [0, 0.1) is 5.92 Å². The number of piperidine rings is 1. The Morgan fingerprint density at radius 1 is 1.20 bits per heavy atom. The van der Waals surface area contributed by atoms with Crippen LogP contribution in [0.25, 0.3) is 0 Å². The number of para-hydroxylation sites is 2. The number of rotatable bonds is 6. The van der Waals surface area contributed by atoms with Crippen LogP contribution in [-0.4, -0.2) is 74.9 Å². The predicted octanol–water partition coefficient (Wildman–Crippen LogP) is 1.64. The first-order valence-corrected chi connectivity index (χ1v) is 8.98. The molecule has 25 heavy (non-hydrogen) atoms. The summed E-state index contributed by atoms with van der Waals surface area (Å²) in [6.45, 7) is 5.84. The zero-order valence-electron chi connectivity index (χ0n) is 15.3. The standard InChI is InChI=1S/C19H28N2O4/c1-4-20-11-14-15(12-20)21(10-9-16(14)23-2)19(22)13-25-18-8-6-5-7-17(18)24-3/h5-8,14-16H,4,9-13H2,1-3H3/t14-,15+,16-/m0/s1. The zero-order chi connectivity index (χ0) is 17.8. The number of likely N-dealkylation sites (tertiary alicyclic amines) is 2. The van der Waals surface area contributed by atoms with Crippen molar-refractivity contribution in [3.63, 3.8) is 0 Å². The first-order valence-electron chi connectivity index (χ1n) is 8.98. The summed E-state index contributed by atoms with van der Waals surface area (Å²) in [6.07, 6.45) is 1.12. The van der Waals surface area contributed by atoms with E-state index < -0.39 is 0 Å². The quantitative estimate of drug-likeness (QED) is 0.782. The van der Waals surface area contributed by atoms with Crippen LogP contribution < -0.4 is 9.47 Å². The summed E-state index contributed by atoms with van der Waals surface area (Å²) in [5.41, 5.74) is 0. The predicted molar refractivity (Wildman–Crippen MR) is 95.0 cm³/mol. The number of carbonyl (C=O) groups is 1. The van der Waals surface area contributed by atoms with Crippen LogP contribution in [-0.2, 0) is 9.53 Å². The average Bonchev–Trinajstić information content (AvgIpc) is 3.09. The van der Waals surface area contributed by atoms with Gasteiger partial charge >= 0.3 is 0 Å². The summed E-state index contributed by atoms with van der Waals surface area (Å²) in [4.78, 5) is 17.2. The van der Waals surface area contributed by atoms with E-state index in [2.05, 4.69) is 11.8 Å². The van der Waals surface area contributed by atoms with Crippen LogP contribution in [0.1, 0.15) is 13.3 Å². The van der Waals surface area contributed by atoms with Crippen LogP contribution in [0.3, 0.4) is 0 Å². The Labute approximate surface area is 149 Å². The minimum absolute atomic E-state index is 0.0351. The number of hydrogen-bond donors (Lipinski definition) is 0. The Kier molecular flexibility index (Phi) is 5.81. The van der Waals surface area contributed by atoms with Gasteiger partial charge in [-0.1, -0.05) is 19.1 Å². The fourth-order valence-corrected chi connectivity index (χ4v) is 4.06. The number of amides is 1.